The third-order valence-electron chi connectivity index (χ3n) is 8.29. The van der Waals surface area contributed by atoms with E-state index in [9.17, 15) is 26.4 Å². The summed E-state index contributed by atoms with van der Waals surface area (Å²) in [6, 6.07) is 9.23. The van der Waals surface area contributed by atoms with E-state index in [4.69, 9.17) is 0 Å². The molecule has 1 spiro atoms. The lowest BCUT2D eigenvalue weighted by atomic mass is 9.65. The van der Waals surface area contributed by atoms with Crippen LogP contribution in [0, 0.1) is 11.3 Å². The van der Waals surface area contributed by atoms with Crippen LogP contribution in [0.15, 0.2) is 36.7 Å². The summed E-state index contributed by atoms with van der Waals surface area (Å²) in [4.78, 5) is 24.2. The van der Waals surface area contributed by atoms with E-state index in [0.717, 1.165) is 49.4 Å². The van der Waals surface area contributed by atoms with Gasteiger partial charge in [-0.3, -0.25) is 4.79 Å². The van der Waals surface area contributed by atoms with Crippen molar-refractivity contribution in [3.63, 3.8) is 0 Å². The van der Waals surface area contributed by atoms with E-state index >= 15 is 0 Å². The molecular formula is C27H31F3N6O3S2. The molecule has 0 bridgehead atoms. The number of amides is 1. The summed E-state index contributed by atoms with van der Waals surface area (Å²) in [7, 11) is -3.16. The Morgan fingerprint density at radius 1 is 1.17 bits per heavy atom. The third kappa shape index (κ3) is 6.14. The highest BCUT2D eigenvalue weighted by Crippen LogP contribution is 2.50. The molecule has 0 unspecified atom stereocenters. The lowest BCUT2D eigenvalue weighted by Crippen LogP contribution is -2.53. The number of benzene rings is 1. The van der Waals surface area contributed by atoms with Crippen LogP contribution in [0.2, 0.25) is 0 Å². The Kier molecular flexibility index (Phi) is 7.13. The second-order valence-electron chi connectivity index (χ2n) is 11.6. The molecule has 9 nitrogen and oxygen atoms in total. The number of carbonyl (C=O) groups is 1. The first-order chi connectivity index (χ1) is 19.4. The number of fused-ring (bicyclic) bond motifs is 1. The molecule has 2 N–H and O–H groups in total. The summed E-state index contributed by atoms with van der Waals surface area (Å²) in [5, 5.41) is 7.12. The molecule has 0 atom stereocenters. The van der Waals surface area contributed by atoms with Gasteiger partial charge in [-0.1, -0.05) is 0 Å². The molecule has 0 radical (unpaired) electrons. The Hall–Kier alpha value is -2.97. The number of hydrogen-bond donors (Lipinski definition) is 2. The monoisotopic (exact) mass is 608 g/mol. The number of hydrogen-bond acceptors (Lipinski definition) is 8. The molecule has 3 aromatic rings. The second kappa shape index (κ2) is 10.4. The Bertz CT molecular complexity index is 1550. The maximum atomic E-state index is 12.9. The fraction of sp³-hybridized carbons (Fsp3) is 0.519. The normalized spacial score (nSPS) is 23.5. The lowest BCUT2D eigenvalue weighted by Gasteiger charge is -2.46. The van der Waals surface area contributed by atoms with Crippen molar-refractivity contribution in [2.45, 2.75) is 37.9 Å². The van der Waals surface area contributed by atoms with Crippen LogP contribution in [-0.4, -0.2) is 79.8 Å². The zero-order valence-corrected chi connectivity index (χ0v) is 24.1. The number of rotatable bonds is 8. The van der Waals surface area contributed by atoms with E-state index < -0.39 is 22.6 Å². The molecule has 1 aliphatic carbocycles. The van der Waals surface area contributed by atoms with Crippen LogP contribution in [-0.2, 0) is 16.4 Å². The molecule has 41 heavy (non-hydrogen) atoms. The molecule has 1 amide bonds. The predicted octanol–water partition coefficient (Wildman–Crippen LogP) is 3.89. The van der Waals surface area contributed by atoms with Gasteiger partial charge in [-0.2, -0.15) is 13.2 Å². The largest absolute Gasteiger partial charge is 0.393 e. The van der Waals surface area contributed by atoms with Crippen molar-refractivity contribution in [2.24, 2.45) is 11.3 Å². The van der Waals surface area contributed by atoms with Gasteiger partial charge >= 0.3 is 6.18 Å². The summed E-state index contributed by atoms with van der Waals surface area (Å²) in [6.45, 7) is 2.92. The van der Waals surface area contributed by atoms with Crippen molar-refractivity contribution in [2.75, 3.05) is 49.2 Å². The quantitative estimate of drug-likeness (QED) is 0.400. The third-order valence-corrected chi connectivity index (χ3v) is 10.6. The number of halogens is 3. The first-order valence-corrected chi connectivity index (χ1v) is 16.2. The Labute approximate surface area is 240 Å². The van der Waals surface area contributed by atoms with Crippen molar-refractivity contribution < 1.29 is 26.4 Å². The minimum Gasteiger partial charge on any atom is -0.382 e. The van der Waals surface area contributed by atoms with Crippen LogP contribution in [0.25, 0.3) is 10.2 Å². The number of anilines is 2. The average molecular weight is 609 g/mol. The van der Waals surface area contributed by atoms with Crippen LogP contribution in [0.4, 0.5) is 24.7 Å². The van der Waals surface area contributed by atoms with Gasteiger partial charge in [0.2, 0.25) is 10.0 Å². The van der Waals surface area contributed by atoms with E-state index in [0.29, 0.717) is 47.3 Å². The first-order valence-electron chi connectivity index (χ1n) is 13.5. The fourth-order valence-corrected chi connectivity index (χ4v) is 8.17. The molecule has 6 rings (SSSR count). The van der Waals surface area contributed by atoms with E-state index in [2.05, 4.69) is 25.5 Å². The molecule has 1 saturated carbocycles. The van der Waals surface area contributed by atoms with Gasteiger partial charge in [0.25, 0.3) is 5.91 Å². The van der Waals surface area contributed by atoms with Crippen molar-refractivity contribution >= 4 is 49.0 Å². The van der Waals surface area contributed by atoms with Crippen molar-refractivity contribution in [3.8, 4) is 0 Å². The molecule has 2 aromatic heterocycles. The van der Waals surface area contributed by atoms with Crippen molar-refractivity contribution in [1.82, 2.24) is 19.6 Å². The number of carbonyl (C=O) groups excluding carboxylic acids is 1. The topological polar surface area (TPSA) is 108 Å². The molecular weight excluding hydrogens is 577 g/mol. The van der Waals surface area contributed by atoms with Gasteiger partial charge in [0.15, 0.2) is 0 Å². The van der Waals surface area contributed by atoms with E-state index in [1.54, 1.807) is 18.2 Å². The number of thiophene rings is 1. The summed E-state index contributed by atoms with van der Waals surface area (Å²) >= 11 is 1.07. The van der Waals surface area contributed by atoms with Gasteiger partial charge < -0.3 is 15.5 Å². The molecule has 4 heterocycles. The van der Waals surface area contributed by atoms with Crippen LogP contribution in [0.3, 0.4) is 0 Å². The molecule has 1 aromatic carbocycles. The van der Waals surface area contributed by atoms with Gasteiger partial charge in [-0.15, -0.1) is 11.3 Å². The molecule has 14 heteroatoms. The standard InChI is InChI=1S/C27H31F3N6O3S2/c1-41(38,39)36-13-17(14-36)12-31-24(37)18-2-4-19(5-3-18)34-20-9-26(10-20)6-7-35(15-26)23-22-8-21(11-27(28,29)30)40-25(22)33-16-32-23/h2-5,8,16-17,20,34H,6-7,9-15H2,1H3,(H,31,37). The van der Waals surface area contributed by atoms with Gasteiger partial charge in [-0.05, 0) is 55.0 Å². The SMILES string of the molecule is CS(=O)(=O)N1CC(CNC(=O)c2ccc(NC3CC4(CCN(c5ncnc6sc(CC(F)(F)F)cc56)C4)C3)cc2)C1. The maximum absolute atomic E-state index is 12.9. The van der Waals surface area contributed by atoms with Crippen LogP contribution >= 0.6 is 11.3 Å². The highest BCUT2D eigenvalue weighted by molar-refractivity contribution is 7.88. The summed E-state index contributed by atoms with van der Waals surface area (Å²) in [5.74, 6) is 0.661. The van der Waals surface area contributed by atoms with Gasteiger partial charge in [0, 0.05) is 60.8 Å². The zero-order chi connectivity index (χ0) is 29.0. The summed E-state index contributed by atoms with van der Waals surface area (Å²) in [6.07, 6.45) is 0.373. The molecule has 220 valence electrons. The molecule has 2 aliphatic heterocycles. The second-order valence-corrected chi connectivity index (χ2v) is 14.7. The van der Waals surface area contributed by atoms with E-state index in [1.807, 2.05) is 12.1 Å². The Balaban J connectivity index is 0.988. The number of nitrogens with one attached hydrogen (secondary N) is 2. The van der Waals surface area contributed by atoms with Gasteiger partial charge in [0.05, 0.1) is 18.1 Å². The number of aromatic nitrogens is 2. The number of nitrogens with zero attached hydrogens (tertiary/aromatic N) is 4. The summed E-state index contributed by atoms with van der Waals surface area (Å²) < 4.78 is 63.1. The Morgan fingerprint density at radius 3 is 2.59 bits per heavy atom. The predicted molar refractivity (Wildman–Crippen MR) is 152 cm³/mol. The molecule has 3 fully saturated rings. The zero-order valence-electron chi connectivity index (χ0n) is 22.4. The smallest absolute Gasteiger partial charge is 0.382 e. The first kappa shape index (κ1) is 28.2. The fourth-order valence-electron chi connectivity index (χ4n) is 6.18. The average Bonchev–Trinajstić information content (AvgIpc) is 3.45. The number of alkyl halides is 3. The Morgan fingerprint density at radius 2 is 1.90 bits per heavy atom. The minimum absolute atomic E-state index is 0.129. The highest BCUT2D eigenvalue weighted by Gasteiger charge is 2.49. The van der Waals surface area contributed by atoms with Crippen LogP contribution < -0.4 is 15.5 Å². The van der Waals surface area contributed by atoms with E-state index in [-0.39, 0.29) is 22.1 Å². The lowest BCUT2D eigenvalue weighted by molar-refractivity contribution is -0.126. The maximum Gasteiger partial charge on any atom is 0.393 e. The minimum atomic E-state index is -4.26. The van der Waals surface area contributed by atoms with Crippen LogP contribution in [0.5, 0.6) is 0 Å². The molecule has 2 saturated heterocycles. The summed E-state index contributed by atoms with van der Waals surface area (Å²) in [5.41, 5.74) is 1.63. The van der Waals surface area contributed by atoms with Crippen LogP contribution in [0.1, 0.15) is 34.5 Å². The van der Waals surface area contributed by atoms with Crippen molar-refractivity contribution in [1.29, 1.82) is 0 Å². The van der Waals surface area contributed by atoms with E-state index in [1.165, 1.54) is 16.9 Å². The van der Waals surface area contributed by atoms with Gasteiger partial charge in [0.1, 0.15) is 17.0 Å². The number of sulfonamides is 1. The van der Waals surface area contributed by atoms with Gasteiger partial charge in [-0.25, -0.2) is 22.7 Å². The molecule has 3 aliphatic rings. The van der Waals surface area contributed by atoms with Crippen molar-refractivity contribution in [3.05, 3.63) is 47.1 Å². The highest BCUT2D eigenvalue weighted by atomic mass is 32.2.